The molecule has 1 N–H and O–H groups in total. The summed E-state index contributed by atoms with van der Waals surface area (Å²) in [7, 11) is 1.87. The number of ether oxygens (including phenoxy) is 3. The summed E-state index contributed by atoms with van der Waals surface area (Å²) in [5.74, 6) is 2.44. The van der Waals surface area contributed by atoms with Gasteiger partial charge in [0, 0.05) is 38.7 Å². The topological polar surface area (TPSA) is 55.3 Å². The summed E-state index contributed by atoms with van der Waals surface area (Å²) in [6.07, 6.45) is 5.02. The zero-order valence-corrected chi connectivity index (χ0v) is 23.5. The van der Waals surface area contributed by atoms with Gasteiger partial charge >= 0.3 is 0 Å². The molecule has 2 saturated heterocycles. The Balaban J connectivity index is 0.00000385. The Kier molecular flexibility index (Phi) is 11.7. The second-order valence-electron chi connectivity index (χ2n) is 10.2. The van der Waals surface area contributed by atoms with Crippen LogP contribution in [-0.4, -0.2) is 69.6 Å². The zero-order valence-electron chi connectivity index (χ0n) is 21.1. The molecule has 2 aliphatic rings. The maximum absolute atomic E-state index is 6.12. The molecule has 0 aromatic heterocycles. The lowest BCUT2D eigenvalue weighted by Gasteiger charge is -2.36. The Morgan fingerprint density at radius 2 is 1.88 bits per heavy atom. The van der Waals surface area contributed by atoms with Crippen LogP contribution < -0.4 is 10.1 Å². The molecule has 1 unspecified atom stereocenters. The van der Waals surface area contributed by atoms with Crippen molar-refractivity contribution in [2.45, 2.75) is 71.0 Å². The Morgan fingerprint density at radius 1 is 1.18 bits per heavy atom. The smallest absolute Gasteiger partial charge is 0.193 e. The predicted molar refractivity (Wildman–Crippen MR) is 146 cm³/mol. The van der Waals surface area contributed by atoms with Crippen molar-refractivity contribution in [2.75, 3.05) is 46.5 Å². The summed E-state index contributed by atoms with van der Waals surface area (Å²) in [5, 5.41) is 3.61. The van der Waals surface area contributed by atoms with Crippen LogP contribution in [0.15, 0.2) is 29.3 Å². The highest BCUT2D eigenvalue weighted by Crippen LogP contribution is 2.25. The van der Waals surface area contributed by atoms with Crippen LogP contribution in [0.5, 0.6) is 5.75 Å². The molecule has 0 aliphatic carbocycles. The molecule has 1 aromatic rings. The van der Waals surface area contributed by atoms with E-state index in [2.05, 4.69) is 67.2 Å². The summed E-state index contributed by atoms with van der Waals surface area (Å²) >= 11 is 0. The minimum atomic E-state index is -0.0186. The predicted octanol–water partition coefficient (Wildman–Crippen LogP) is 4.85. The standard InChI is InChI=1S/C26H43N3O3.HI/c1-20(2)17-31-22-10-8-21(9-11-22)26(3,4)19-28-25(27-5)29-14-12-23(13-15-29)32-18-24-7-6-16-30-24;/h8-11,20,23-24H,6-7,12-19H2,1-5H3,(H,27,28);1H. The Labute approximate surface area is 217 Å². The molecule has 2 heterocycles. The van der Waals surface area contributed by atoms with Crippen LogP contribution in [0.3, 0.4) is 0 Å². The van der Waals surface area contributed by atoms with Gasteiger partial charge in [0.15, 0.2) is 5.96 Å². The Morgan fingerprint density at radius 3 is 2.45 bits per heavy atom. The van der Waals surface area contributed by atoms with Gasteiger partial charge < -0.3 is 24.4 Å². The van der Waals surface area contributed by atoms with Gasteiger partial charge in [-0.3, -0.25) is 4.99 Å². The fraction of sp³-hybridized carbons (Fsp3) is 0.731. The molecule has 0 bridgehead atoms. The fourth-order valence-corrected chi connectivity index (χ4v) is 4.25. The molecule has 0 spiro atoms. The second kappa shape index (κ2) is 13.7. The largest absolute Gasteiger partial charge is 0.493 e. The molecule has 188 valence electrons. The van der Waals surface area contributed by atoms with Gasteiger partial charge in [-0.25, -0.2) is 0 Å². The van der Waals surface area contributed by atoms with Crippen molar-refractivity contribution in [3.05, 3.63) is 29.8 Å². The van der Waals surface area contributed by atoms with E-state index in [0.29, 0.717) is 18.1 Å². The Bertz CT molecular complexity index is 710. The molecule has 1 atom stereocenters. The highest BCUT2D eigenvalue weighted by atomic mass is 127. The number of guanidine groups is 1. The lowest BCUT2D eigenvalue weighted by atomic mass is 9.84. The van der Waals surface area contributed by atoms with E-state index in [0.717, 1.165) is 70.4 Å². The summed E-state index contributed by atoms with van der Waals surface area (Å²) in [4.78, 5) is 6.90. The number of halogens is 1. The van der Waals surface area contributed by atoms with E-state index >= 15 is 0 Å². The maximum atomic E-state index is 6.12. The van der Waals surface area contributed by atoms with Gasteiger partial charge in [0.05, 0.1) is 25.4 Å². The van der Waals surface area contributed by atoms with Crippen LogP contribution in [0.2, 0.25) is 0 Å². The van der Waals surface area contributed by atoms with Crippen LogP contribution in [0, 0.1) is 5.92 Å². The van der Waals surface area contributed by atoms with E-state index < -0.39 is 0 Å². The van der Waals surface area contributed by atoms with Gasteiger partial charge in [-0.2, -0.15) is 0 Å². The van der Waals surface area contributed by atoms with Crippen molar-refractivity contribution in [1.29, 1.82) is 0 Å². The van der Waals surface area contributed by atoms with Crippen LogP contribution in [-0.2, 0) is 14.9 Å². The highest BCUT2D eigenvalue weighted by Gasteiger charge is 2.26. The molecule has 2 aliphatic heterocycles. The quantitative estimate of drug-likeness (QED) is 0.260. The van der Waals surface area contributed by atoms with Gasteiger partial charge in [0.1, 0.15) is 5.75 Å². The molecule has 2 fully saturated rings. The third-order valence-corrected chi connectivity index (χ3v) is 6.40. The first-order valence-electron chi connectivity index (χ1n) is 12.3. The van der Waals surface area contributed by atoms with Crippen molar-refractivity contribution < 1.29 is 14.2 Å². The molecule has 0 radical (unpaired) electrons. The molecule has 1 aromatic carbocycles. The fourth-order valence-electron chi connectivity index (χ4n) is 4.25. The number of likely N-dealkylation sites (tertiary alicyclic amines) is 1. The monoisotopic (exact) mass is 573 g/mol. The van der Waals surface area contributed by atoms with E-state index in [1.54, 1.807) is 0 Å². The van der Waals surface area contributed by atoms with Gasteiger partial charge in [0.2, 0.25) is 0 Å². The number of nitrogens with zero attached hydrogens (tertiary/aromatic N) is 2. The van der Waals surface area contributed by atoms with E-state index in [9.17, 15) is 0 Å². The lowest BCUT2D eigenvalue weighted by Crippen LogP contribution is -2.49. The summed E-state index contributed by atoms with van der Waals surface area (Å²) < 4.78 is 17.6. The number of hydrogen-bond acceptors (Lipinski definition) is 4. The lowest BCUT2D eigenvalue weighted by molar-refractivity contribution is -0.0367. The minimum Gasteiger partial charge on any atom is -0.493 e. The van der Waals surface area contributed by atoms with Crippen LogP contribution >= 0.6 is 24.0 Å². The van der Waals surface area contributed by atoms with Crippen molar-refractivity contribution in [3.8, 4) is 5.75 Å². The van der Waals surface area contributed by atoms with E-state index in [1.807, 2.05) is 7.05 Å². The first kappa shape index (κ1) is 28.2. The SMILES string of the molecule is CN=C(NCC(C)(C)c1ccc(OCC(C)C)cc1)N1CCC(OCC2CCCO2)CC1.I. The number of benzene rings is 1. The van der Waals surface area contributed by atoms with Gasteiger partial charge in [0.25, 0.3) is 0 Å². The molecular weight excluding hydrogens is 529 g/mol. The van der Waals surface area contributed by atoms with Crippen LogP contribution in [0.4, 0.5) is 0 Å². The molecule has 0 amide bonds. The van der Waals surface area contributed by atoms with Crippen molar-refractivity contribution in [1.82, 2.24) is 10.2 Å². The molecule has 0 saturated carbocycles. The van der Waals surface area contributed by atoms with Gasteiger partial charge in [-0.1, -0.05) is 39.8 Å². The number of hydrogen-bond donors (Lipinski definition) is 1. The summed E-state index contributed by atoms with van der Waals surface area (Å²) in [5.41, 5.74) is 1.27. The average molecular weight is 574 g/mol. The van der Waals surface area contributed by atoms with Gasteiger partial charge in [-0.15, -0.1) is 24.0 Å². The Hall–Kier alpha value is -1.06. The average Bonchev–Trinajstić information content (AvgIpc) is 3.31. The van der Waals surface area contributed by atoms with Gasteiger partial charge in [-0.05, 0) is 49.3 Å². The van der Waals surface area contributed by atoms with E-state index in [-0.39, 0.29) is 29.4 Å². The number of aliphatic imine (C=N–C) groups is 1. The molecule has 7 heteroatoms. The van der Waals surface area contributed by atoms with E-state index in [4.69, 9.17) is 14.2 Å². The third kappa shape index (κ3) is 8.91. The molecule has 33 heavy (non-hydrogen) atoms. The molecule has 6 nitrogen and oxygen atoms in total. The summed E-state index contributed by atoms with van der Waals surface area (Å²) in [6.45, 7) is 14.0. The minimum absolute atomic E-state index is 0. The van der Waals surface area contributed by atoms with Crippen LogP contribution in [0.25, 0.3) is 0 Å². The molecule has 3 rings (SSSR count). The third-order valence-electron chi connectivity index (χ3n) is 6.40. The van der Waals surface area contributed by atoms with E-state index in [1.165, 1.54) is 12.0 Å². The number of nitrogens with one attached hydrogen (secondary N) is 1. The van der Waals surface area contributed by atoms with Crippen molar-refractivity contribution >= 4 is 29.9 Å². The second-order valence-corrected chi connectivity index (χ2v) is 10.2. The first-order valence-corrected chi connectivity index (χ1v) is 12.3. The normalized spacial score (nSPS) is 20.1. The van der Waals surface area contributed by atoms with Crippen molar-refractivity contribution in [3.63, 3.8) is 0 Å². The maximum Gasteiger partial charge on any atom is 0.193 e. The highest BCUT2D eigenvalue weighted by molar-refractivity contribution is 14.0. The number of rotatable bonds is 9. The first-order chi connectivity index (χ1) is 15.4. The number of piperidine rings is 1. The zero-order chi connectivity index (χ0) is 23.0. The van der Waals surface area contributed by atoms with Crippen molar-refractivity contribution in [2.24, 2.45) is 10.9 Å². The van der Waals surface area contributed by atoms with Crippen LogP contribution in [0.1, 0.15) is 58.9 Å². The summed E-state index contributed by atoms with van der Waals surface area (Å²) in [6, 6.07) is 8.51. The molecular formula is C26H44IN3O3.